The van der Waals surface area contributed by atoms with E-state index in [0.29, 0.717) is 12.8 Å². The first-order chi connectivity index (χ1) is 4.94. The monoisotopic (exact) mass is 154 g/mol. The second kappa shape index (κ2) is 2.23. The number of terminal acetylenes is 1. The normalized spacial score (nSPS) is 41.9. The van der Waals surface area contributed by atoms with Crippen LogP contribution < -0.4 is 0 Å². The summed E-state index contributed by atoms with van der Waals surface area (Å²) in [5, 5.41) is 19.3. The Morgan fingerprint density at radius 2 is 2.09 bits per heavy atom. The van der Waals surface area contributed by atoms with Crippen molar-refractivity contribution >= 4 is 0 Å². The lowest BCUT2D eigenvalue weighted by atomic mass is 9.77. The lowest BCUT2D eigenvalue weighted by Crippen LogP contribution is -2.43. The first-order valence-corrected chi connectivity index (χ1v) is 3.82. The van der Waals surface area contributed by atoms with Gasteiger partial charge in [-0.1, -0.05) is 19.8 Å². The molecule has 0 unspecified atom stereocenters. The summed E-state index contributed by atoms with van der Waals surface area (Å²) in [6.07, 6.45) is 5.80. The minimum absolute atomic E-state index is 0.483. The van der Waals surface area contributed by atoms with E-state index in [9.17, 15) is 10.2 Å². The Kier molecular flexibility index (Phi) is 1.74. The van der Waals surface area contributed by atoms with Crippen molar-refractivity contribution < 1.29 is 10.2 Å². The largest absolute Gasteiger partial charge is 0.392 e. The minimum Gasteiger partial charge on any atom is -0.392 e. The van der Waals surface area contributed by atoms with Crippen LogP contribution in [0.1, 0.15) is 26.7 Å². The molecule has 0 aromatic heterocycles. The van der Waals surface area contributed by atoms with Gasteiger partial charge in [0.05, 0.1) is 6.10 Å². The molecule has 0 aliphatic heterocycles. The van der Waals surface area contributed by atoms with Gasteiger partial charge >= 0.3 is 0 Å². The average molecular weight is 154 g/mol. The highest BCUT2D eigenvalue weighted by atomic mass is 16.3. The molecular weight excluding hydrogens is 140 g/mol. The van der Waals surface area contributed by atoms with Crippen molar-refractivity contribution in [2.75, 3.05) is 0 Å². The first-order valence-electron chi connectivity index (χ1n) is 3.82. The van der Waals surface area contributed by atoms with Crippen LogP contribution in [0.4, 0.5) is 0 Å². The molecule has 2 heteroatoms. The van der Waals surface area contributed by atoms with E-state index in [2.05, 4.69) is 5.92 Å². The summed E-state index contributed by atoms with van der Waals surface area (Å²) in [6.45, 7) is 3.59. The molecule has 1 aliphatic rings. The lowest BCUT2D eigenvalue weighted by molar-refractivity contribution is -0.0403. The van der Waals surface area contributed by atoms with E-state index in [4.69, 9.17) is 6.42 Å². The van der Waals surface area contributed by atoms with Gasteiger partial charge in [-0.3, -0.25) is 0 Å². The molecule has 2 N–H and O–H groups in total. The van der Waals surface area contributed by atoms with Crippen LogP contribution in [0.3, 0.4) is 0 Å². The smallest absolute Gasteiger partial charge is 0.132 e. The number of aliphatic hydroxyl groups is 2. The van der Waals surface area contributed by atoms with Crippen LogP contribution in [0.25, 0.3) is 0 Å². The zero-order valence-electron chi connectivity index (χ0n) is 6.96. The van der Waals surface area contributed by atoms with Gasteiger partial charge in [0.25, 0.3) is 0 Å². The van der Waals surface area contributed by atoms with Crippen LogP contribution in [0, 0.1) is 17.8 Å². The van der Waals surface area contributed by atoms with Gasteiger partial charge in [-0.25, -0.2) is 0 Å². The highest BCUT2D eigenvalue weighted by molar-refractivity contribution is 5.19. The van der Waals surface area contributed by atoms with Crippen molar-refractivity contribution in [1.29, 1.82) is 0 Å². The van der Waals surface area contributed by atoms with Crippen LogP contribution in [-0.4, -0.2) is 21.9 Å². The molecule has 1 saturated carbocycles. The van der Waals surface area contributed by atoms with Crippen molar-refractivity contribution in [1.82, 2.24) is 0 Å². The second-order valence-electron chi connectivity index (χ2n) is 3.78. The van der Waals surface area contributed by atoms with Gasteiger partial charge in [-0.05, 0) is 12.8 Å². The van der Waals surface area contributed by atoms with Crippen molar-refractivity contribution in [2.45, 2.75) is 38.4 Å². The van der Waals surface area contributed by atoms with E-state index in [-0.39, 0.29) is 0 Å². The molecule has 0 bridgehead atoms. The number of rotatable bonds is 0. The fourth-order valence-electron chi connectivity index (χ4n) is 1.56. The molecule has 1 aliphatic carbocycles. The van der Waals surface area contributed by atoms with Crippen molar-refractivity contribution in [3.63, 3.8) is 0 Å². The Balaban J connectivity index is 2.97. The van der Waals surface area contributed by atoms with Gasteiger partial charge in [0.2, 0.25) is 0 Å². The van der Waals surface area contributed by atoms with Crippen molar-refractivity contribution in [3.8, 4) is 12.3 Å². The molecule has 2 atom stereocenters. The Bertz CT molecular complexity index is 202. The maximum atomic E-state index is 9.80. The molecule has 62 valence electrons. The third-order valence-corrected chi connectivity index (χ3v) is 2.92. The topological polar surface area (TPSA) is 40.5 Å². The van der Waals surface area contributed by atoms with E-state index in [0.717, 1.165) is 0 Å². The van der Waals surface area contributed by atoms with Gasteiger partial charge in [0, 0.05) is 5.41 Å². The highest BCUT2D eigenvalue weighted by Gasteiger charge is 2.52. The fraction of sp³-hybridized carbons (Fsp3) is 0.778. The Hall–Kier alpha value is -0.520. The van der Waals surface area contributed by atoms with E-state index in [1.54, 1.807) is 13.8 Å². The van der Waals surface area contributed by atoms with Gasteiger partial charge < -0.3 is 10.2 Å². The first kappa shape index (κ1) is 8.58. The zero-order valence-corrected chi connectivity index (χ0v) is 6.96. The van der Waals surface area contributed by atoms with Crippen LogP contribution in [0.2, 0.25) is 0 Å². The maximum absolute atomic E-state index is 9.80. The van der Waals surface area contributed by atoms with Crippen LogP contribution in [0.15, 0.2) is 0 Å². The molecule has 0 aromatic rings. The summed E-state index contributed by atoms with van der Waals surface area (Å²) in [6, 6.07) is 0. The fourth-order valence-corrected chi connectivity index (χ4v) is 1.56. The van der Waals surface area contributed by atoms with Crippen LogP contribution in [0.5, 0.6) is 0 Å². The third kappa shape index (κ3) is 0.962. The minimum atomic E-state index is -1.12. The third-order valence-electron chi connectivity index (χ3n) is 2.92. The van der Waals surface area contributed by atoms with E-state index >= 15 is 0 Å². The molecule has 1 rings (SSSR count). The Labute approximate surface area is 67.2 Å². The maximum Gasteiger partial charge on any atom is 0.132 e. The number of hydrogen-bond donors (Lipinski definition) is 2. The van der Waals surface area contributed by atoms with Gasteiger partial charge in [0.15, 0.2) is 0 Å². The standard InChI is InChI=1S/C9H14O2/c1-4-9(11)6-5-7(10)8(9,2)3/h1,7,10-11H,5-6H2,2-3H3/t7-,9+/m0/s1. The summed E-state index contributed by atoms with van der Waals surface area (Å²) >= 11 is 0. The molecule has 0 amide bonds. The quantitative estimate of drug-likeness (QED) is 0.500. The molecular formula is C9H14O2. The van der Waals surface area contributed by atoms with Gasteiger partial charge in [0.1, 0.15) is 5.60 Å². The molecule has 0 aromatic carbocycles. The second-order valence-corrected chi connectivity index (χ2v) is 3.78. The van der Waals surface area contributed by atoms with E-state index in [1.165, 1.54) is 0 Å². The SMILES string of the molecule is C#C[C@@]1(O)CC[C@H](O)C1(C)C. The molecule has 0 radical (unpaired) electrons. The predicted molar refractivity (Wildman–Crippen MR) is 42.8 cm³/mol. The molecule has 0 spiro atoms. The summed E-state index contributed by atoms with van der Waals surface area (Å²) in [5.41, 5.74) is -1.69. The molecule has 2 nitrogen and oxygen atoms in total. The van der Waals surface area contributed by atoms with Crippen molar-refractivity contribution in [3.05, 3.63) is 0 Å². The number of hydrogen-bond acceptors (Lipinski definition) is 2. The summed E-state index contributed by atoms with van der Waals surface area (Å²) in [4.78, 5) is 0. The predicted octanol–water partition coefficient (Wildman–Crippen LogP) is 0.532. The van der Waals surface area contributed by atoms with E-state index < -0.39 is 17.1 Å². The molecule has 1 fully saturated rings. The summed E-state index contributed by atoms with van der Waals surface area (Å²) in [7, 11) is 0. The lowest BCUT2D eigenvalue weighted by Gasteiger charge is -2.33. The average Bonchev–Trinajstić information content (AvgIpc) is 2.15. The van der Waals surface area contributed by atoms with Gasteiger partial charge in [-0.15, -0.1) is 6.42 Å². The molecule has 11 heavy (non-hydrogen) atoms. The highest BCUT2D eigenvalue weighted by Crippen LogP contribution is 2.45. The van der Waals surface area contributed by atoms with Crippen molar-refractivity contribution in [2.24, 2.45) is 5.41 Å². The zero-order chi connectivity index (χ0) is 8.70. The number of aliphatic hydroxyl groups excluding tert-OH is 1. The molecule has 0 heterocycles. The van der Waals surface area contributed by atoms with Crippen LogP contribution in [-0.2, 0) is 0 Å². The summed E-state index contributed by atoms with van der Waals surface area (Å²) < 4.78 is 0. The summed E-state index contributed by atoms with van der Waals surface area (Å²) in [5.74, 6) is 2.36. The molecule has 0 saturated heterocycles. The Morgan fingerprint density at radius 1 is 1.55 bits per heavy atom. The Morgan fingerprint density at radius 3 is 2.27 bits per heavy atom. The van der Waals surface area contributed by atoms with Gasteiger partial charge in [-0.2, -0.15) is 0 Å². The van der Waals surface area contributed by atoms with Crippen LogP contribution >= 0.6 is 0 Å². The van der Waals surface area contributed by atoms with E-state index in [1.807, 2.05) is 0 Å².